The van der Waals surface area contributed by atoms with Gasteiger partial charge in [-0.15, -0.1) is 0 Å². The van der Waals surface area contributed by atoms with E-state index in [0.717, 1.165) is 0 Å². The highest BCUT2D eigenvalue weighted by atomic mass is 14.2. The third kappa shape index (κ3) is 3.91. The summed E-state index contributed by atoms with van der Waals surface area (Å²) in [5.41, 5.74) is 8.14. The van der Waals surface area contributed by atoms with E-state index in [-0.39, 0.29) is 7.43 Å². The van der Waals surface area contributed by atoms with Gasteiger partial charge < -0.3 is 0 Å². The standard InChI is InChI=1S/C31H32.CH4/c1-7-8-13-24-22(6)31(28-17-12-11-16-27(28)30(24)21(4)5)29-19-18-23(20(2)3)25-14-9-10-15-26(25)29;/h7-21H,1H2,2-6H3;1H4/b13-8-;. The molecule has 0 saturated carbocycles. The molecule has 0 atom stereocenters. The minimum absolute atomic E-state index is 0. The topological polar surface area (TPSA) is 0 Å². The molecule has 4 aromatic carbocycles. The highest BCUT2D eigenvalue weighted by Gasteiger charge is 2.20. The van der Waals surface area contributed by atoms with Crippen molar-refractivity contribution in [2.24, 2.45) is 0 Å². The molecule has 0 N–H and O–H groups in total. The van der Waals surface area contributed by atoms with Gasteiger partial charge >= 0.3 is 0 Å². The highest BCUT2D eigenvalue weighted by Crippen LogP contribution is 2.43. The van der Waals surface area contributed by atoms with Crippen molar-refractivity contribution in [3.05, 3.63) is 102 Å². The third-order valence-electron chi connectivity index (χ3n) is 6.38. The van der Waals surface area contributed by atoms with E-state index in [9.17, 15) is 0 Å². The summed E-state index contributed by atoms with van der Waals surface area (Å²) in [6.45, 7) is 15.3. The van der Waals surface area contributed by atoms with Gasteiger partial charge in [-0.05, 0) is 73.7 Å². The molecule has 0 saturated heterocycles. The first kappa shape index (κ1) is 23.5. The Bertz CT molecular complexity index is 1300. The molecule has 0 aliphatic rings. The lowest BCUT2D eigenvalue weighted by atomic mass is 9.81. The molecule has 4 aromatic rings. The average Bonchev–Trinajstić information content (AvgIpc) is 2.76. The molecular weight excluding hydrogens is 384 g/mol. The second-order valence-electron chi connectivity index (χ2n) is 9.03. The van der Waals surface area contributed by atoms with Crippen LogP contribution >= 0.6 is 0 Å². The molecule has 164 valence electrons. The van der Waals surface area contributed by atoms with E-state index in [1.165, 1.54) is 54.9 Å². The maximum absolute atomic E-state index is 3.90. The highest BCUT2D eigenvalue weighted by molar-refractivity contribution is 6.09. The van der Waals surface area contributed by atoms with E-state index >= 15 is 0 Å². The second kappa shape index (κ2) is 9.57. The van der Waals surface area contributed by atoms with Crippen LogP contribution in [0.4, 0.5) is 0 Å². The number of benzene rings is 4. The monoisotopic (exact) mass is 420 g/mol. The van der Waals surface area contributed by atoms with Crippen LogP contribution in [0.15, 0.2) is 79.4 Å². The lowest BCUT2D eigenvalue weighted by Crippen LogP contribution is -2.01. The van der Waals surface area contributed by atoms with Crippen LogP contribution in [0, 0.1) is 6.92 Å². The average molecular weight is 421 g/mol. The zero-order chi connectivity index (χ0) is 22.1. The fraction of sp³-hybridized carbons (Fsp3) is 0.250. The fourth-order valence-corrected chi connectivity index (χ4v) is 5.01. The Balaban J connectivity index is 0.00000289. The zero-order valence-corrected chi connectivity index (χ0v) is 19.4. The SMILES string of the molecule is C.C=C/C=C\c1c(C)c(-c2ccc(C(C)C)c3ccccc23)c2ccccc2c1C(C)C. The van der Waals surface area contributed by atoms with Gasteiger partial charge in [-0.3, -0.25) is 0 Å². The normalized spacial score (nSPS) is 11.6. The summed E-state index contributed by atoms with van der Waals surface area (Å²) in [4.78, 5) is 0. The van der Waals surface area contributed by atoms with Crippen molar-refractivity contribution in [2.75, 3.05) is 0 Å². The van der Waals surface area contributed by atoms with Crippen molar-refractivity contribution < 1.29 is 0 Å². The largest absolute Gasteiger partial charge is 0.0991 e. The fourth-order valence-electron chi connectivity index (χ4n) is 5.01. The Labute approximate surface area is 194 Å². The van der Waals surface area contributed by atoms with Crippen LogP contribution in [0.3, 0.4) is 0 Å². The molecule has 0 nitrogen and oxygen atoms in total. The first-order valence-corrected chi connectivity index (χ1v) is 11.3. The molecule has 0 aliphatic heterocycles. The summed E-state index contributed by atoms with van der Waals surface area (Å²) < 4.78 is 0. The number of hydrogen-bond acceptors (Lipinski definition) is 0. The van der Waals surface area contributed by atoms with Crippen molar-refractivity contribution in [3.63, 3.8) is 0 Å². The summed E-state index contributed by atoms with van der Waals surface area (Å²) in [7, 11) is 0. The Morgan fingerprint density at radius 3 is 1.91 bits per heavy atom. The molecule has 0 heterocycles. The van der Waals surface area contributed by atoms with Gasteiger partial charge in [0.05, 0.1) is 0 Å². The van der Waals surface area contributed by atoms with Gasteiger partial charge in [-0.25, -0.2) is 0 Å². The Morgan fingerprint density at radius 2 is 1.31 bits per heavy atom. The number of fused-ring (bicyclic) bond motifs is 2. The van der Waals surface area contributed by atoms with Crippen LogP contribution in [0.1, 0.15) is 69.2 Å². The van der Waals surface area contributed by atoms with Crippen LogP contribution in [0.2, 0.25) is 0 Å². The van der Waals surface area contributed by atoms with E-state index < -0.39 is 0 Å². The molecule has 0 fully saturated rings. The van der Waals surface area contributed by atoms with Gasteiger partial charge in [0.2, 0.25) is 0 Å². The predicted molar refractivity (Wildman–Crippen MR) is 146 cm³/mol. The van der Waals surface area contributed by atoms with Crippen LogP contribution < -0.4 is 0 Å². The molecule has 0 aliphatic carbocycles. The maximum atomic E-state index is 3.90. The van der Waals surface area contributed by atoms with Gasteiger partial charge in [0.25, 0.3) is 0 Å². The van der Waals surface area contributed by atoms with Gasteiger partial charge in [0.15, 0.2) is 0 Å². The number of rotatable bonds is 5. The third-order valence-corrected chi connectivity index (χ3v) is 6.38. The number of allylic oxidation sites excluding steroid dienone is 2. The van der Waals surface area contributed by atoms with E-state index in [1.807, 2.05) is 6.08 Å². The van der Waals surface area contributed by atoms with Crippen LogP contribution in [0.25, 0.3) is 38.7 Å². The first-order valence-electron chi connectivity index (χ1n) is 11.3. The van der Waals surface area contributed by atoms with Crippen molar-refractivity contribution in [1.29, 1.82) is 0 Å². The summed E-state index contributed by atoms with van der Waals surface area (Å²) in [5, 5.41) is 5.37. The minimum Gasteiger partial charge on any atom is -0.0991 e. The summed E-state index contributed by atoms with van der Waals surface area (Å²) in [6, 6.07) is 22.4. The zero-order valence-electron chi connectivity index (χ0n) is 19.4. The summed E-state index contributed by atoms with van der Waals surface area (Å²) >= 11 is 0. The Morgan fingerprint density at radius 1 is 0.719 bits per heavy atom. The van der Waals surface area contributed by atoms with Crippen molar-refractivity contribution in [3.8, 4) is 11.1 Å². The Hall–Kier alpha value is -3.12. The van der Waals surface area contributed by atoms with Crippen molar-refractivity contribution in [1.82, 2.24) is 0 Å². The molecule has 0 heteroatoms. The number of hydrogen-bond donors (Lipinski definition) is 0. The van der Waals surface area contributed by atoms with Crippen LogP contribution in [0.5, 0.6) is 0 Å². The van der Waals surface area contributed by atoms with Gasteiger partial charge in [0.1, 0.15) is 0 Å². The molecule has 0 unspecified atom stereocenters. The minimum atomic E-state index is 0. The second-order valence-corrected chi connectivity index (χ2v) is 9.03. The summed E-state index contributed by atoms with van der Waals surface area (Å²) in [6.07, 6.45) is 6.16. The predicted octanol–water partition coefficient (Wildman–Crippen LogP) is 10.1. The van der Waals surface area contributed by atoms with E-state index in [1.54, 1.807) is 0 Å². The van der Waals surface area contributed by atoms with Gasteiger partial charge in [-0.2, -0.15) is 0 Å². The quantitative estimate of drug-likeness (QED) is 0.282. The smallest absolute Gasteiger partial charge is 0.00637 e. The molecule has 0 amide bonds. The molecule has 32 heavy (non-hydrogen) atoms. The van der Waals surface area contributed by atoms with Crippen molar-refractivity contribution in [2.45, 2.75) is 53.9 Å². The maximum Gasteiger partial charge on any atom is -0.00637 e. The van der Waals surface area contributed by atoms with Crippen LogP contribution in [-0.2, 0) is 0 Å². The Kier molecular flexibility index (Phi) is 7.04. The van der Waals surface area contributed by atoms with Crippen molar-refractivity contribution >= 4 is 27.6 Å². The van der Waals surface area contributed by atoms with Crippen LogP contribution in [-0.4, -0.2) is 0 Å². The molecule has 0 bridgehead atoms. The summed E-state index contributed by atoms with van der Waals surface area (Å²) in [5.74, 6) is 0.924. The van der Waals surface area contributed by atoms with E-state index in [2.05, 4.69) is 114 Å². The first-order chi connectivity index (χ1) is 15.0. The lowest BCUT2D eigenvalue weighted by molar-refractivity contribution is 0.872. The molecule has 0 aromatic heterocycles. The van der Waals surface area contributed by atoms with E-state index in [4.69, 9.17) is 0 Å². The molecule has 0 radical (unpaired) electrons. The molecule has 0 spiro atoms. The van der Waals surface area contributed by atoms with Gasteiger partial charge in [0, 0.05) is 0 Å². The van der Waals surface area contributed by atoms with Gasteiger partial charge in [-0.1, -0.05) is 121 Å². The van der Waals surface area contributed by atoms with E-state index in [0.29, 0.717) is 11.8 Å². The molecule has 4 rings (SSSR count). The molecular formula is C32H36. The lowest BCUT2D eigenvalue weighted by Gasteiger charge is -2.23.